The maximum atomic E-state index is 12.1. The van der Waals surface area contributed by atoms with Crippen LogP contribution in [0.3, 0.4) is 0 Å². The summed E-state index contributed by atoms with van der Waals surface area (Å²) in [7, 11) is 1.41. The number of anilines is 1. The first kappa shape index (κ1) is 15.8. The van der Waals surface area contributed by atoms with Crippen LogP contribution in [0.4, 0.5) is 11.4 Å². The Balaban J connectivity index is 2.68. The van der Waals surface area contributed by atoms with Gasteiger partial charge in [0.05, 0.1) is 23.1 Å². The van der Waals surface area contributed by atoms with E-state index in [-0.39, 0.29) is 28.1 Å². The second-order valence-corrected chi connectivity index (χ2v) is 6.17. The highest BCUT2D eigenvalue weighted by Crippen LogP contribution is 2.45. The molecule has 0 unspecified atom stereocenters. The maximum Gasteiger partial charge on any atom is 0.313 e. The van der Waals surface area contributed by atoms with Crippen LogP contribution in [-0.4, -0.2) is 29.8 Å². The second kappa shape index (κ2) is 5.63. The number of ether oxygens (including phenoxy) is 1. The van der Waals surface area contributed by atoms with E-state index in [1.165, 1.54) is 13.2 Å². The first-order valence-corrected chi connectivity index (χ1v) is 7.67. The van der Waals surface area contributed by atoms with Gasteiger partial charge in [-0.25, -0.2) is 0 Å². The Kier molecular flexibility index (Phi) is 4.22. The lowest BCUT2D eigenvalue weighted by Gasteiger charge is -2.39. The Hall–Kier alpha value is -1.63. The Bertz CT molecular complexity index is 601. The standard InChI is InChI=1S/C14H17BrN2O4/c1-14(2)4-5-16(13(18)8-15)10-7-11(17(19)20)12(21-3)6-9(10)14/h6-7H,4-5,8H2,1-3H3. The van der Waals surface area contributed by atoms with Crippen molar-refractivity contribution in [3.63, 3.8) is 0 Å². The molecule has 2 rings (SSSR count). The molecule has 1 aliphatic heterocycles. The van der Waals surface area contributed by atoms with E-state index in [1.54, 1.807) is 11.0 Å². The zero-order chi connectivity index (χ0) is 15.8. The molecule has 1 aromatic carbocycles. The largest absolute Gasteiger partial charge is 0.490 e. The highest BCUT2D eigenvalue weighted by atomic mass is 79.9. The number of nitro groups is 1. The number of alkyl halides is 1. The van der Waals surface area contributed by atoms with Crippen molar-refractivity contribution < 1.29 is 14.5 Å². The van der Waals surface area contributed by atoms with Gasteiger partial charge in [0, 0.05) is 12.6 Å². The molecule has 1 aliphatic rings. The highest BCUT2D eigenvalue weighted by Gasteiger charge is 2.36. The van der Waals surface area contributed by atoms with E-state index in [4.69, 9.17) is 4.74 Å². The van der Waals surface area contributed by atoms with Crippen LogP contribution < -0.4 is 9.64 Å². The third-order valence-corrected chi connectivity index (χ3v) is 4.37. The molecule has 21 heavy (non-hydrogen) atoms. The first-order chi connectivity index (χ1) is 9.81. The lowest BCUT2D eigenvalue weighted by atomic mass is 9.77. The Morgan fingerprint density at radius 3 is 2.71 bits per heavy atom. The summed E-state index contributed by atoms with van der Waals surface area (Å²) in [6.07, 6.45) is 0.791. The van der Waals surface area contributed by atoms with Crippen molar-refractivity contribution >= 4 is 33.2 Å². The number of hydrogen-bond acceptors (Lipinski definition) is 4. The summed E-state index contributed by atoms with van der Waals surface area (Å²) in [6, 6.07) is 3.12. The molecule has 0 saturated heterocycles. The number of benzene rings is 1. The molecule has 0 atom stereocenters. The Morgan fingerprint density at radius 2 is 2.19 bits per heavy atom. The SMILES string of the molecule is COc1cc2c(cc1[N+](=O)[O-])N(C(=O)CBr)CCC2(C)C. The van der Waals surface area contributed by atoms with Gasteiger partial charge in [-0.05, 0) is 23.5 Å². The zero-order valence-corrected chi connectivity index (χ0v) is 13.8. The van der Waals surface area contributed by atoms with Gasteiger partial charge < -0.3 is 9.64 Å². The van der Waals surface area contributed by atoms with E-state index in [9.17, 15) is 14.9 Å². The van der Waals surface area contributed by atoms with E-state index in [0.717, 1.165) is 12.0 Å². The summed E-state index contributed by atoms with van der Waals surface area (Å²) >= 11 is 3.16. The summed E-state index contributed by atoms with van der Waals surface area (Å²) in [4.78, 5) is 24.4. The number of carbonyl (C=O) groups excluding carboxylic acids is 1. The first-order valence-electron chi connectivity index (χ1n) is 6.55. The molecule has 0 saturated carbocycles. The van der Waals surface area contributed by atoms with E-state index < -0.39 is 4.92 Å². The molecule has 7 heteroatoms. The predicted octanol–water partition coefficient (Wildman–Crippen LogP) is 3.01. The highest BCUT2D eigenvalue weighted by molar-refractivity contribution is 9.09. The molecule has 0 radical (unpaired) electrons. The van der Waals surface area contributed by atoms with Gasteiger partial charge in [0.1, 0.15) is 0 Å². The molecule has 1 aromatic rings. The minimum absolute atomic E-state index is 0.105. The number of nitrogens with zero attached hydrogens (tertiary/aromatic N) is 2. The number of halogens is 1. The van der Waals surface area contributed by atoms with E-state index in [2.05, 4.69) is 29.8 Å². The Morgan fingerprint density at radius 1 is 1.52 bits per heavy atom. The minimum Gasteiger partial charge on any atom is -0.490 e. The van der Waals surface area contributed by atoms with Crippen LogP contribution in [0.25, 0.3) is 0 Å². The number of amides is 1. The van der Waals surface area contributed by atoms with Gasteiger partial charge in [-0.15, -0.1) is 0 Å². The fourth-order valence-electron chi connectivity index (χ4n) is 2.61. The molecule has 0 aromatic heterocycles. The average Bonchev–Trinajstić information content (AvgIpc) is 2.45. The van der Waals surface area contributed by atoms with Gasteiger partial charge >= 0.3 is 5.69 Å². The van der Waals surface area contributed by atoms with E-state index >= 15 is 0 Å². The van der Waals surface area contributed by atoms with Crippen LogP contribution in [0.5, 0.6) is 5.75 Å². The molecule has 6 nitrogen and oxygen atoms in total. The monoisotopic (exact) mass is 356 g/mol. The van der Waals surface area contributed by atoms with E-state index in [1.807, 2.05) is 0 Å². The summed E-state index contributed by atoms with van der Waals surface area (Å²) in [6.45, 7) is 4.67. The number of fused-ring (bicyclic) bond motifs is 1. The van der Waals surface area contributed by atoms with Gasteiger partial charge in [0.2, 0.25) is 5.91 Å². The van der Waals surface area contributed by atoms with Crippen LogP contribution in [0.2, 0.25) is 0 Å². The van der Waals surface area contributed by atoms with Crippen molar-refractivity contribution in [2.75, 3.05) is 23.9 Å². The van der Waals surface area contributed by atoms with Crippen molar-refractivity contribution in [2.24, 2.45) is 0 Å². The van der Waals surface area contributed by atoms with Crippen molar-refractivity contribution in [2.45, 2.75) is 25.7 Å². The minimum atomic E-state index is -0.489. The molecule has 1 amide bonds. The van der Waals surface area contributed by atoms with E-state index in [0.29, 0.717) is 12.2 Å². The topological polar surface area (TPSA) is 72.7 Å². The summed E-state index contributed by atoms with van der Waals surface area (Å²) in [5, 5.41) is 11.4. The number of hydrogen-bond donors (Lipinski definition) is 0. The molecule has 114 valence electrons. The van der Waals surface area contributed by atoms with Crippen molar-refractivity contribution in [1.29, 1.82) is 0 Å². The predicted molar refractivity (Wildman–Crippen MR) is 83.4 cm³/mol. The molecule has 0 fully saturated rings. The number of carbonyl (C=O) groups is 1. The fourth-order valence-corrected chi connectivity index (χ4v) is 2.91. The lowest BCUT2D eigenvalue weighted by molar-refractivity contribution is -0.385. The second-order valence-electron chi connectivity index (χ2n) is 5.61. The molecule has 0 N–H and O–H groups in total. The normalized spacial score (nSPS) is 16.3. The van der Waals surface area contributed by atoms with Gasteiger partial charge in [0.25, 0.3) is 0 Å². The van der Waals surface area contributed by atoms with Crippen LogP contribution in [0, 0.1) is 10.1 Å². The van der Waals surface area contributed by atoms with Crippen LogP contribution >= 0.6 is 15.9 Å². The van der Waals surface area contributed by atoms with Crippen molar-refractivity contribution in [1.82, 2.24) is 0 Å². The molecule has 1 heterocycles. The van der Waals surface area contributed by atoms with Gasteiger partial charge in [-0.1, -0.05) is 29.8 Å². The third-order valence-electron chi connectivity index (χ3n) is 3.89. The fraction of sp³-hybridized carbons (Fsp3) is 0.500. The lowest BCUT2D eigenvalue weighted by Crippen LogP contribution is -2.41. The number of methoxy groups -OCH3 is 1. The number of nitro benzene ring substituents is 1. The van der Waals surface area contributed by atoms with Crippen molar-refractivity contribution in [3.05, 3.63) is 27.8 Å². The van der Waals surface area contributed by atoms with Crippen LogP contribution in [-0.2, 0) is 10.2 Å². The molecular formula is C14H17BrN2O4. The third kappa shape index (κ3) is 2.74. The zero-order valence-electron chi connectivity index (χ0n) is 12.2. The molecule has 0 spiro atoms. The molecule has 0 bridgehead atoms. The number of rotatable bonds is 3. The van der Waals surface area contributed by atoms with Gasteiger partial charge in [-0.2, -0.15) is 0 Å². The molecular weight excluding hydrogens is 340 g/mol. The summed E-state index contributed by atoms with van der Waals surface area (Å²) in [5.41, 5.74) is 1.20. The Labute approximate surface area is 131 Å². The summed E-state index contributed by atoms with van der Waals surface area (Å²) in [5.74, 6) is 0.117. The summed E-state index contributed by atoms with van der Waals surface area (Å²) < 4.78 is 5.13. The van der Waals surface area contributed by atoms with Crippen LogP contribution in [0.15, 0.2) is 12.1 Å². The van der Waals surface area contributed by atoms with Gasteiger partial charge in [0.15, 0.2) is 5.75 Å². The average molecular weight is 357 g/mol. The molecule has 0 aliphatic carbocycles. The smallest absolute Gasteiger partial charge is 0.313 e. The van der Waals surface area contributed by atoms with Crippen LogP contribution in [0.1, 0.15) is 25.8 Å². The quantitative estimate of drug-likeness (QED) is 0.474. The van der Waals surface area contributed by atoms with Gasteiger partial charge in [-0.3, -0.25) is 14.9 Å². The maximum absolute atomic E-state index is 12.1. The van der Waals surface area contributed by atoms with Crippen molar-refractivity contribution in [3.8, 4) is 5.75 Å².